The Morgan fingerprint density at radius 1 is 1.19 bits per heavy atom. The number of hydrogen-bond acceptors (Lipinski definition) is 2. The number of para-hydroxylation sites is 1. The van der Waals surface area contributed by atoms with Gasteiger partial charge in [0.2, 0.25) is 0 Å². The minimum absolute atomic E-state index is 0.0313. The number of amides is 2. The molecule has 1 fully saturated rings. The highest BCUT2D eigenvalue weighted by atomic mass is 19.3. The Bertz CT molecular complexity index is 559. The van der Waals surface area contributed by atoms with Gasteiger partial charge in [-0.25, -0.2) is 8.78 Å². The fraction of sp³-hybridized carbons (Fsp3) is 0.385. The fourth-order valence-corrected chi connectivity index (χ4v) is 1.59. The van der Waals surface area contributed by atoms with Gasteiger partial charge in [0.25, 0.3) is 5.91 Å². The molecule has 1 aromatic carbocycles. The monoisotopic (exact) mass is 304 g/mol. The van der Waals surface area contributed by atoms with Crippen molar-refractivity contribution in [2.45, 2.75) is 31.2 Å². The number of nitrogens with one attached hydrogen (secondary N) is 2. The highest BCUT2D eigenvalue weighted by Gasteiger charge is 2.49. The van der Waals surface area contributed by atoms with Gasteiger partial charge in [0.15, 0.2) is 0 Å². The topological polar surface area (TPSA) is 58.2 Å². The Labute approximate surface area is 117 Å². The second-order valence-electron chi connectivity index (χ2n) is 4.67. The third kappa shape index (κ3) is 3.50. The van der Waals surface area contributed by atoms with E-state index in [-0.39, 0.29) is 17.3 Å². The van der Waals surface area contributed by atoms with Gasteiger partial charge in [0.1, 0.15) is 0 Å². The number of rotatable bonds is 5. The lowest BCUT2D eigenvalue weighted by molar-refractivity contribution is -0.163. The Kier molecular flexibility index (Phi) is 4.15. The van der Waals surface area contributed by atoms with Crippen LogP contribution in [0, 0.1) is 0 Å². The molecule has 1 aromatic rings. The molecule has 0 aromatic heterocycles. The standard InChI is InChI=1S/C13H12F4N2O2/c14-11(15)13(16,17)12(21)19-9-4-2-1-3-8(9)10(20)18-7-5-6-7/h1-4,7,11H,5-6H2,(H,18,20)(H,19,21). The molecule has 2 rings (SSSR count). The van der Waals surface area contributed by atoms with Gasteiger partial charge in [-0.2, -0.15) is 8.78 Å². The minimum atomic E-state index is -4.82. The predicted octanol–water partition coefficient (Wildman–Crippen LogP) is 2.42. The van der Waals surface area contributed by atoms with Crippen molar-refractivity contribution in [2.24, 2.45) is 0 Å². The number of alkyl halides is 4. The molecule has 0 bridgehead atoms. The van der Waals surface area contributed by atoms with Crippen molar-refractivity contribution in [2.75, 3.05) is 5.32 Å². The third-order valence-electron chi connectivity index (χ3n) is 2.91. The summed E-state index contributed by atoms with van der Waals surface area (Å²) in [5.41, 5.74) is -0.288. The summed E-state index contributed by atoms with van der Waals surface area (Å²) in [4.78, 5) is 23.1. The second-order valence-corrected chi connectivity index (χ2v) is 4.67. The van der Waals surface area contributed by atoms with Gasteiger partial charge >= 0.3 is 18.3 Å². The first kappa shape index (κ1) is 15.3. The van der Waals surface area contributed by atoms with Crippen LogP contribution in [-0.2, 0) is 4.79 Å². The summed E-state index contributed by atoms with van der Waals surface area (Å²) >= 11 is 0. The van der Waals surface area contributed by atoms with Gasteiger partial charge in [-0.1, -0.05) is 12.1 Å². The molecule has 8 heteroatoms. The van der Waals surface area contributed by atoms with Crippen LogP contribution in [0.2, 0.25) is 0 Å². The summed E-state index contributed by atoms with van der Waals surface area (Å²) in [6.45, 7) is 0. The molecular weight excluding hydrogens is 292 g/mol. The van der Waals surface area contributed by atoms with Gasteiger partial charge in [0, 0.05) is 6.04 Å². The van der Waals surface area contributed by atoms with Crippen LogP contribution in [0.25, 0.3) is 0 Å². The molecule has 4 nitrogen and oxygen atoms in total. The molecule has 1 aliphatic carbocycles. The molecular formula is C13H12F4N2O2. The number of carbonyl (C=O) groups is 2. The van der Waals surface area contributed by atoms with Crippen molar-refractivity contribution >= 4 is 17.5 Å². The molecule has 0 heterocycles. The number of halogens is 4. The van der Waals surface area contributed by atoms with E-state index in [9.17, 15) is 27.2 Å². The Morgan fingerprint density at radius 2 is 1.81 bits per heavy atom. The summed E-state index contributed by atoms with van der Waals surface area (Å²) in [5.74, 6) is -7.52. The molecule has 0 unspecified atom stereocenters. The normalized spacial score (nSPS) is 14.9. The maximum Gasteiger partial charge on any atom is 0.383 e. The third-order valence-corrected chi connectivity index (χ3v) is 2.91. The lowest BCUT2D eigenvalue weighted by Gasteiger charge is -2.16. The first-order valence-corrected chi connectivity index (χ1v) is 6.19. The number of hydrogen-bond donors (Lipinski definition) is 2. The first-order chi connectivity index (χ1) is 9.82. The van der Waals surface area contributed by atoms with Crippen molar-refractivity contribution < 1.29 is 27.2 Å². The zero-order chi connectivity index (χ0) is 15.6. The van der Waals surface area contributed by atoms with Gasteiger partial charge in [0.05, 0.1) is 11.3 Å². The highest BCUT2D eigenvalue weighted by molar-refractivity contribution is 6.05. The Hall–Kier alpha value is -2.12. The van der Waals surface area contributed by atoms with E-state index >= 15 is 0 Å². The Balaban J connectivity index is 2.16. The molecule has 0 saturated heterocycles. The van der Waals surface area contributed by atoms with Crippen LogP contribution in [0.1, 0.15) is 23.2 Å². The average molecular weight is 304 g/mol. The van der Waals surface area contributed by atoms with Crippen LogP contribution in [-0.4, -0.2) is 30.2 Å². The summed E-state index contributed by atoms with van der Waals surface area (Å²) in [7, 11) is 0. The molecule has 0 radical (unpaired) electrons. The largest absolute Gasteiger partial charge is 0.383 e. The molecule has 2 N–H and O–H groups in total. The van der Waals surface area contributed by atoms with Crippen molar-refractivity contribution in [3.05, 3.63) is 29.8 Å². The maximum atomic E-state index is 12.9. The van der Waals surface area contributed by atoms with Crippen LogP contribution in [0.3, 0.4) is 0 Å². The van der Waals surface area contributed by atoms with Crippen molar-refractivity contribution in [3.63, 3.8) is 0 Å². The molecule has 1 aliphatic rings. The first-order valence-electron chi connectivity index (χ1n) is 6.19. The van der Waals surface area contributed by atoms with Gasteiger partial charge in [-0.15, -0.1) is 0 Å². The van der Waals surface area contributed by atoms with Crippen LogP contribution < -0.4 is 10.6 Å². The number of carbonyl (C=O) groups excluding carboxylic acids is 2. The summed E-state index contributed by atoms with van der Waals surface area (Å²) in [5, 5.41) is 4.30. The molecule has 0 aliphatic heterocycles. The smallest absolute Gasteiger partial charge is 0.349 e. The molecule has 0 atom stereocenters. The summed E-state index contributed by atoms with van der Waals surface area (Å²) in [6, 6.07) is 5.41. The average Bonchev–Trinajstić information content (AvgIpc) is 3.22. The van der Waals surface area contributed by atoms with E-state index < -0.39 is 24.2 Å². The molecule has 114 valence electrons. The minimum Gasteiger partial charge on any atom is -0.349 e. The van der Waals surface area contributed by atoms with Gasteiger partial charge in [-0.05, 0) is 25.0 Å². The van der Waals surface area contributed by atoms with E-state index in [2.05, 4.69) is 5.32 Å². The lowest BCUT2D eigenvalue weighted by Crippen LogP contribution is -2.41. The lowest BCUT2D eigenvalue weighted by atomic mass is 10.1. The zero-order valence-corrected chi connectivity index (χ0v) is 10.7. The molecule has 0 spiro atoms. The van der Waals surface area contributed by atoms with Crippen LogP contribution in [0.5, 0.6) is 0 Å². The number of benzene rings is 1. The van der Waals surface area contributed by atoms with Crippen molar-refractivity contribution in [1.29, 1.82) is 0 Å². The van der Waals surface area contributed by atoms with Crippen LogP contribution >= 0.6 is 0 Å². The van der Waals surface area contributed by atoms with E-state index in [1.54, 1.807) is 5.32 Å². The molecule has 2 amide bonds. The van der Waals surface area contributed by atoms with E-state index in [4.69, 9.17) is 0 Å². The molecule has 21 heavy (non-hydrogen) atoms. The number of anilines is 1. The summed E-state index contributed by atoms with van der Waals surface area (Å²) in [6.07, 6.45) is -2.47. The SMILES string of the molecule is O=C(NC1CC1)c1ccccc1NC(=O)C(F)(F)C(F)F. The molecule has 1 saturated carbocycles. The van der Waals surface area contributed by atoms with Gasteiger partial charge in [-0.3, -0.25) is 9.59 Å². The van der Waals surface area contributed by atoms with E-state index in [1.165, 1.54) is 24.3 Å². The Morgan fingerprint density at radius 3 is 2.38 bits per heavy atom. The predicted molar refractivity (Wildman–Crippen MR) is 66.5 cm³/mol. The van der Waals surface area contributed by atoms with E-state index in [0.29, 0.717) is 0 Å². The van der Waals surface area contributed by atoms with Crippen LogP contribution in [0.15, 0.2) is 24.3 Å². The highest BCUT2D eigenvalue weighted by Crippen LogP contribution is 2.26. The van der Waals surface area contributed by atoms with Crippen molar-refractivity contribution in [1.82, 2.24) is 5.32 Å². The maximum absolute atomic E-state index is 12.9. The van der Waals surface area contributed by atoms with Gasteiger partial charge < -0.3 is 10.6 Å². The van der Waals surface area contributed by atoms with Crippen molar-refractivity contribution in [3.8, 4) is 0 Å². The summed E-state index contributed by atoms with van der Waals surface area (Å²) < 4.78 is 50.1. The van der Waals surface area contributed by atoms with E-state index in [0.717, 1.165) is 12.8 Å². The fourth-order valence-electron chi connectivity index (χ4n) is 1.59. The quantitative estimate of drug-likeness (QED) is 0.821. The second kappa shape index (κ2) is 5.71. The van der Waals surface area contributed by atoms with E-state index in [1.807, 2.05) is 0 Å². The zero-order valence-electron chi connectivity index (χ0n) is 10.7. The van der Waals surface area contributed by atoms with Crippen LogP contribution in [0.4, 0.5) is 23.2 Å².